The van der Waals surface area contributed by atoms with Crippen molar-refractivity contribution in [2.24, 2.45) is 0 Å². The maximum atomic E-state index is 12.4. The molecule has 1 aliphatic heterocycles. The van der Waals surface area contributed by atoms with Crippen LogP contribution in [-0.2, 0) is 9.59 Å². The Hall–Kier alpha value is -1.96. The van der Waals surface area contributed by atoms with E-state index in [2.05, 4.69) is 15.6 Å². The van der Waals surface area contributed by atoms with Gasteiger partial charge in [-0.1, -0.05) is 12.8 Å². The van der Waals surface area contributed by atoms with E-state index in [-0.39, 0.29) is 30.8 Å². The molecule has 0 atom stereocenters. The lowest BCUT2D eigenvalue weighted by Gasteiger charge is -2.19. The molecule has 1 spiro atoms. The number of amides is 4. The summed E-state index contributed by atoms with van der Waals surface area (Å²) in [6.45, 7) is 0.101. The molecule has 7 nitrogen and oxygen atoms in total. The first-order chi connectivity index (χ1) is 10.1. The number of aromatic nitrogens is 1. The fraction of sp³-hybridized carbons (Fsp3) is 0.538. The maximum Gasteiger partial charge on any atom is 0.325 e. The zero-order valence-electron chi connectivity index (χ0n) is 11.4. The van der Waals surface area contributed by atoms with E-state index in [1.54, 1.807) is 11.6 Å². The molecular weight excluding hydrogens is 292 g/mol. The molecule has 3 rings (SSSR count). The summed E-state index contributed by atoms with van der Waals surface area (Å²) in [7, 11) is 0. The van der Waals surface area contributed by atoms with E-state index >= 15 is 0 Å². The van der Waals surface area contributed by atoms with Gasteiger partial charge in [-0.2, -0.15) is 0 Å². The molecule has 21 heavy (non-hydrogen) atoms. The Labute approximate surface area is 125 Å². The first-order valence-electron chi connectivity index (χ1n) is 6.94. The van der Waals surface area contributed by atoms with Crippen LogP contribution in [0.5, 0.6) is 0 Å². The van der Waals surface area contributed by atoms with Crippen molar-refractivity contribution in [3.63, 3.8) is 0 Å². The number of anilines is 1. The van der Waals surface area contributed by atoms with Crippen LogP contribution in [0, 0.1) is 0 Å². The number of carbonyl (C=O) groups excluding carboxylic acids is 3. The molecular formula is C13H16N4O3S. The maximum absolute atomic E-state index is 12.4. The summed E-state index contributed by atoms with van der Waals surface area (Å²) >= 11 is 1.32. The first kappa shape index (κ1) is 14.0. The van der Waals surface area contributed by atoms with Crippen LogP contribution in [0.2, 0.25) is 0 Å². The van der Waals surface area contributed by atoms with Crippen molar-refractivity contribution in [2.45, 2.75) is 37.6 Å². The average molecular weight is 308 g/mol. The van der Waals surface area contributed by atoms with Crippen LogP contribution < -0.4 is 10.6 Å². The van der Waals surface area contributed by atoms with Gasteiger partial charge in [-0.15, -0.1) is 11.3 Å². The van der Waals surface area contributed by atoms with Gasteiger partial charge < -0.3 is 10.6 Å². The normalized spacial score (nSPS) is 20.1. The van der Waals surface area contributed by atoms with Gasteiger partial charge in [0.05, 0.1) is 0 Å². The second kappa shape index (κ2) is 5.44. The zero-order valence-corrected chi connectivity index (χ0v) is 12.2. The molecule has 0 unspecified atom stereocenters. The number of hydrogen-bond donors (Lipinski definition) is 2. The molecule has 0 aromatic carbocycles. The van der Waals surface area contributed by atoms with Crippen molar-refractivity contribution in [2.75, 3.05) is 11.9 Å². The minimum absolute atomic E-state index is 0.0782. The van der Waals surface area contributed by atoms with Gasteiger partial charge in [-0.3, -0.25) is 14.5 Å². The Balaban J connectivity index is 1.56. The van der Waals surface area contributed by atoms with Crippen molar-refractivity contribution >= 4 is 34.3 Å². The van der Waals surface area contributed by atoms with Gasteiger partial charge in [0.2, 0.25) is 5.91 Å². The van der Waals surface area contributed by atoms with Crippen LogP contribution in [-0.4, -0.2) is 39.8 Å². The fourth-order valence-electron chi connectivity index (χ4n) is 2.88. The Kier molecular flexibility index (Phi) is 3.62. The van der Waals surface area contributed by atoms with E-state index in [1.807, 2.05) is 0 Å². The lowest BCUT2D eigenvalue weighted by atomic mass is 9.98. The van der Waals surface area contributed by atoms with Gasteiger partial charge in [-0.25, -0.2) is 9.78 Å². The van der Waals surface area contributed by atoms with E-state index in [4.69, 9.17) is 0 Å². The SMILES string of the molecule is O=C(CCN1C(=O)NC2(CCCC2)C1=O)Nc1nccs1. The van der Waals surface area contributed by atoms with Gasteiger partial charge in [0.1, 0.15) is 5.54 Å². The summed E-state index contributed by atoms with van der Waals surface area (Å²) in [5.41, 5.74) is -0.705. The van der Waals surface area contributed by atoms with Crippen molar-refractivity contribution in [1.82, 2.24) is 15.2 Å². The minimum Gasteiger partial charge on any atom is -0.323 e. The lowest BCUT2D eigenvalue weighted by molar-refractivity contribution is -0.131. The zero-order chi connectivity index (χ0) is 14.9. The highest BCUT2D eigenvalue weighted by Gasteiger charge is 2.52. The number of rotatable bonds is 4. The molecule has 1 aliphatic carbocycles. The molecule has 8 heteroatoms. The van der Waals surface area contributed by atoms with Gasteiger partial charge in [0.15, 0.2) is 5.13 Å². The van der Waals surface area contributed by atoms with Crippen LogP contribution in [0.15, 0.2) is 11.6 Å². The standard InChI is InChI=1S/C13H16N4O3S/c18-9(15-11-14-6-8-21-11)3-7-17-10(19)13(16-12(17)20)4-1-2-5-13/h6,8H,1-5,7H2,(H,16,20)(H,14,15,18). The summed E-state index contributed by atoms with van der Waals surface area (Å²) in [4.78, 5) is 41.2. The van der Waals surface area contributed by atoms with Crippen LogP contribution in [0.4, 0.5) is 9.93 Å². The molecule has 2 aliphatic rings. The van der Waals surface area contributed by atoms with E-state index in [0.717, 1.165) is 17.7 Å². The third-order valence-electron chi connectivity index (χ3n) is 3.94. The molecule has 1 saturated heterocycles. The summed E-state index contributed by atoms with van der Waals surface area (Å²) in [5.74, 6) is -0.440. The van der Waals surface area contributed by atoms with Crippen molar-refractivity contribution < 1.29 is 14.4 Å². The summed E-state index contributed by atoms with van der Waals surface area (Å²) in [6.07, 6.45) is 4.96. The number of urea groups is 1. The number of hydrogen-bond acceptors (Lipinski definition) is 5. The Morgan fingerprint density at radius 2 is 2.19 bits per heavy atom. The quantitative estimate of drug-likeness (QED) is 0.821. The Bertz CT molecular complexity index is 566. The van der Waals surface area contributed by atoms with Crippen LogP contribution >= 0.6 is 11.3 Å². The Morgan fingerprint density at radius 1 is 1.43 bits per heavy atom. The number of imide groups is 1. The number of nitrogens with zero attached hydrogens (tertiary/aromatic N) is 2. The first-order valence-corrected chi connectivity index (χ1v) is 7.82. The van der Waals surface area contributed by atoms with E-state index in [1.165, 1.54) is 11.3 Å². The monoisotopic (exact) mass is 308 g/mol. The van der Waals surface area contributed by atoms with Crippen molar-refractivity contribution in [3.8, 4) is 0 Å². The molecule has 0 radical (unpaired) electrons. The van der Waals surface area contributed by atoms with E-state index < -0.39 is 5.54 Å². The summed E-state index contributed by atoms with van der Waals surface area (Å²) in [5, 5.41) is 7.71. The van der Waals surface area contributed by atoms with E-state index in [0.29, 0.717) is 18.0 Å². The molecule has 2 heterocycles. The highest BCUT2D eigenvalue weighted by atomic mass is 32.1. The van der Waals surface area contributed by atoms with Gasteiger partial charge in [0, 0.05) is 24.5 Å². The average Bonchev–Trinajstić information content (AvgIpc) is 3.14. The predicted molar refractivity (Wildman–Crippen MR) is 76.8 cm³/mol. The highest BCUT2D eigenvalue weighted by molar-refractivity contribution is 7.13. The topological polar surface area (TPSA) is 91.4 Å². The molecule has 1 aromatic heterocycles. The predicted octanol–water partition coefficient (Wildman–Crippen LogP) is 1.34. The third kappa shape index (κ3) is 2.63. The van der Waals surface area contributed by atoms with E-state index in [9.17, 15) is 14.4 Å². The molecule has 4 amide bonds. The summed E-state index contributed by atoms with van der Waals surface area (Å²) < 4.78 is 0. The second-order valence-corrected chi connectivity index (χ2v) is 6.21. The third-order valence-corrected chi connectivity index (χ3v) is 4.63. The number of carbonyl (C=O) groups is 3. The van der Waals surface area contributed by atoms with Gasteiger partial charge in [-0.05, 0) is 12.8 Å². The molecule has 2 fully saturated rings. The van der Waals surface area contributed by atoms with Crippen LogP contribution in [0.3, 0.4) is 0 Å². The van der Waals surface area contributed by atoms with Crippen LogP contribution in [0.1, 0.15) is 32.1 Å². The van der Waals surface area contributed by atoms with Crippen molar-refractivity contribution in [3.05, 3.63) is 11.6 Å². The number of nitrogens with one attached hydrogen (secondary N) is 2. The summed E-state index contributed by atoms with van der Waals surface area (Å²) in [6, 6.07) is -0.385. The van der Waals surface area contributed by atoms with Gasteiger partial charge in [0.25, 0.3) is 5.91 Å². The smallest absolute Gasteiger partial charge is 0.323 e. The number of thiazole rings is 1. The lowest BCUT2D eigenvalue weighted by Crippen LogP contribution is -2.44. The fourth-order valence-corrected chi connectivity index (χ4v) is 3.42. The molecule has 2 N–H and O–H groups in total. The second-order valence-electron chi connectivity index (χ2n) is 5.31. The minimum atomic E-state index is -0.705. The highest BCUT2D eigenvalue weighted by Crippen LogP contribution is 2.35. The molecule has 112 valence electrons. The Morgan fingerprint density at radius 3 is 2.86 bits per heavy atom. The van der Waals surface area contributed by atoms with Crippen LogP contribution in [0.25, 0.3) is 0 Å². The largest absolute Gasteiger partial charge is 0.325 e. The molecule has 1 aromatic rings. The molecule has 0 bridgehead atoms. The van der Waals surface area contributed by atoms with Crippen molar-refractivity contribution in [1.29, 1.82) is 0 Å². The van der Waals surface area contributed by atoms with Gasteiger partial charge >= 0.3 is 6.03 Å². The molecule has 1 saturated carbocycles.